The maximum absolute atomic E-state index is 11.9. The first-order valence-electron chi connectivity index (χ1n) is 5.66. The first-order valence-corrected chi connectivity index (χ1v) is 8.06. The third-order valence-corrected chi connectivity index (χ3v) is 4.86. The van der Waals surface area contributed by atoms with Crippen molar-refractivity contribution in [3.8, 4) is 0 Å². The van der Waals surface area contributed by atoms with Gasteiger partial charge in [-0.05, 0) is 62.2 Å². The van der Waals surface area contributed by atoms with Gasteiger partial charge in [0.15, 0.2) is 5.70 Å². The van der Waals surface area contributed by atoms with Gasteiger partial charge in [0, 0.05) is 9.35 Å². The van der Waals surface area contributed by atoms with Crippen LogP contribution in [0.2, 0.25) is 0 Å². The lowest BCUT2D eigenvalue weighted by molar-refractivity contribution is -0.129. The number of benzene rings is 1. The fourth-order valence-corrected chi connectivity index (χ4v) is 3.51. The topological polar surface area (TPSA) is 38.7 Å². The van der Waals surface area contributed by atoms with Gasteiger partial charge in [0.2, 0.25) is 5.90 Å². The molecular formula is C14H7Br2NO2S. The van der Waals surface area contributed by atoms with Crippen molar-refractivity contribution in [1.29, 1.82) is 0 Å². The first kappa shape index (κ1) is 13.7. The van der Waals surface area contributed by atoms with E-state index in [4.69, 9.17) is 4.74 Å². The average molecular weight is 413 g/mol. The summed E-state index contributed by atoms with van der Waals surface area (Å²) in [5.41, 5.74) is 1.07. The van der Waals surface area contributed by atoms with E-state index >= 15 is 0 Å². The van der Waals surface area contributed by atoms with E-state index in [1.54, 1.807) is 6.08 Å². The molecule has 0 saturated carbocycles. The Labute approximate surface area is 136 Å². The van der Waals surface area contributed by atoms with Crippen LogP contribution in [0.25, 0.3) is 6.08 Å². The Bertz CT molecular complexity index is 749. The minimum atomic E-state index is -0.430. The van der Waals surface area contributed by atoms with Gasteiger partial charge >= 0.3 is 5.97 Å². The van der Waals surface area contributed by atoms with Crippen LogP contribution in [0, 0.1) is 0 Å². The standard InChI is InChI=1S/C14H7Br2NO2S/c15-10-4-2-1-3-9(10)13-17-11(14(18)19-13)7-8-5-6-12(16)20-8/h1-7H/b11-7-. The summed E-state index contributed by atoms with van der Waals surface area (Å²) >= 11 is 8.34. The third-order valence-electron chi connectivity index (χ3n) is 2.60. The van der Waals surface area contributed by atoms with Gasteiger partial charge in [0.05, 0.1) is 9.35 Å². The number of hydrogen-bond acceptors (Lipinski definition) is 4. The Morgan fingerprint density at radius 3 is 2.65 bits per heavy atom. The van der Waals surface area contributed by atoms with Gasteiger partial charge in [-0.3, -0.25) is 0 Å². The minimum absolute atomic E-state index is 0.310. The molecule has 0 unspecified atom stereocenters. The second-order valence-electron chi connectivity index (χ2n) is 3.96. The van der Waals surface area contributed by atoms with Gasteiger partial charge in [0.25, 0.3) is 0 Å². The first-order chi connectivity index (χ1) is 9.63. The molecule has 2 aromatic rings. The highest BCUT2D eigenvalue weighted by molar-refractivity contribution is 9.11. The second-order valence-corrected chi connectivity index (χ2v) is 7.31. The van der Waals surface area contributed by atoms with E-state index < -0.39 is 5.97 Å². The van der Waals surface area contributed by atoms with Crippen molar-refractivity contribution in [2.45, 2.75) is 0 Å². The van der Waals surface area contributed by atoms with Crippen molar-refractivity contribution in [2.75, 3.05) is 0 Å². The van der Waals surface area contributed by atoms with Crippen LogP contribution < -0.4 is 0 Å². The number of aliphatic imine (C=N–C) groups is 1. The van der Waals surface area contributed by atoms with E-state index in [0.29, 0.717) is 11.6 Å². The molecule has 6 heteroatoms. The maximum atomic E-state index is 11.9. The molecular weight excluding hydrogens is 406 g/mol. The lowest BCUT2D eigenvalue weighted by atomic mass is 10.2. The number of rotatable bonds is 2. The predicted octanol–water partition coefficient (Wildman–Crippen LogP) is 4.62. The van der Waals surface area contributed by atoms with Crippen molar-refractivity contribution in [3.63, 3.8) is 0 Å². The third kappa shape index (κ3) is 2.77. The van der Waals surface area contributed by atoms with Gasteiger partial charge < -0.3 is 4.74 Å². The molecule has 1 aromatic heterocycles. The number of nitrogens with zero attached hydrogens (tertiary/aromatic N) is 1. The zero-order valence-electron chi connectivity index (χ0n) is 9.97. The van der Waals surface area contributed by atoms with Gasteiger partial charge in [0.1, 0.15) is 0 Å². The molecule has 3 nitrogen and oxygen atoms in total. The summed E-state index contributed by atoms with van der Waals surface area (Å²) < 4.78 is 7.07. The summed E-state index contributed by atoms with van der Waals surface area (Å²) in [6.45, 7) is 0. The van der Waals surface area contributed by atoms with Crippen LogP contribution in [-0.4, -0.2) is 11.9 Å². The average Bonchev–Trinajstić information content (AvgIpc) is 2.98. The quantitative estimate of drug-likeness (QED) is 0.533. The van der Waals surface area contributed by atoms with E-state index in [0.717, 1.165) is 18.7 Å². The fourth-order valence-electron chi connectivity index (χ4n) is 1.70. The van der Waals surface area contributed by atoms with Crippen molar-refractivity contribution >= 4 is 61.1 Å². The molecule has 1 aliphatic rings. The lowest BCUT2D eigenvalue weighted by Crippen LogP contribution is -2.05. The largest absolute Gasteiger partial charge is 0.402 e. The number of cyclic esters (lactones) is 1. The number of thiophene rings is 1. The van der Waals surface area contributed by atoms with Gasteiger partial charge in [-0.15, -0.1) is 11.3 Å². The highest BCUT2D eigenvalue weighted by atomic mass is 79.9. The van der Waals surface area contributed by atoms with Crippen LogP contribution in [0.5, 0.6) is 0 Å². The molecule has 0 amide bonds. The molecule has 1 aliphatic heterocycles. The summed E-state index contributed by atoms with van der Waals surface area (Å²) in [4.78, 5) is 17.1. The molecule has 1 aromatic carbocycles. The number of hydrogen-bond donors (Lipinski definition) is 0. The number of ether oxygens (including phenoxy) is 1. The second kappa shape index (κ2) is 5.63. The summed E-state index contributed by atoms with van der Waals surface area (Å²) in [6.07, 6.45) is 1.72. The van der Waals surface area contributed by atoms with Crippen molar-refractivity contribution in [3.05, 3.63) is 60.8 Å². The highest BCUT2D eigenvalue weighted by Gasteiger charge is 2.25. The van der Waals surface area contributed by atoms with Crippen molar-refractivity contribution < 1.29 is 9.53 Å². The Balaban J connectivity index is 1.97. The normalized spacial score (nSPS) is 16.4. The van der Waals surface area contributed by atoms with Crippen molar-refractivity contribution in [2.24, 2.45) is 4.99 Å². The van der Waals surface area contributed by atoms with Crippen LogP contribution in [0.1, 0.15) is 10.4 Å². The number of carbonyl (C=O) groups excluding carboxylic acids is 1. The zero-order chi connectivity index (χ0) is 14.1. The zero-order valence-corrected chi connectivity index (χ0v) is 14.0. The SMILES string of the molecule is O=C1OC(c2ccccc2Br)=N/C1=C\c1ccc(Br)s1. The Hall–Kier alpha value is -1.24. The summed E-state index contributed by atoms with van der Waals surface area (Å²) in [5, 5.41) is 0. The molecule has 0 bridgehead atoms. The lowest BCUT2D eigenvalue weighted by Gasteiger charge is -2.01. The minimum Gasteiger partial charge on any atom is -0.402 e. The van der Waals surface area contributed by atoms with Crippen LogP contribution in [0.3, 0.4) is 0 Å². The molecule has 0 fully saturated rings. The number of halogens is 2. The van der Waals surface area contributed by atoms with Crippen LogP contribution in [-0.2, 0) is 9.53 Å². The molecule has 2 heterocycles. The number of esters is 1. The Kier molecular flexibility index (Phi) is 3.87. The van der Waals surface area contributed by atoms with Crippen LogP contribution >= 0.6 is 43.2 Å². The molecule has 0 aliphatic carbocycles. The molecule has 20 heavy (non-hydrogen) atoms. The van der Waals surface area contributed by atoms with E-state index in [1.807, 2.05) is 36.4 Å². The molecule has 0 spiro atoms. The van der Waals surface area contributed by atoms with E-state index in [9.17, 15) is 4.79 Å². The summed E-state index contributed by atoms with van der Waals surface area (Å²) in [6, 6.07) is 11.3. The molecule has 0 N–H and O–H groups in total. The van der Waals surface area contributed by atoms with Gasteiger partial charge in [-0.25, -0.2) is 9.79 Å². The smallest absolute Gasteiger partial charge is 0.363 e. The van der Waals surface area contributed by atoms with E-state index in [1.165, 1.54) is 11.3 Å². The molecule has 0 radical (unpaired) electrons. The van der Waals surface area contributed by atoms with Gasteiger partial charge in [-0.2, -0.15) is 0 Å². The van der Waals surface area contributed by atoms with Crippen LogP contribution in [0.4, 0.5) is 0 Å². The van der Waals surface area contributed by atoms with Gasteiger partial charge in [-0.1, -0.05) is 12.1 Å². The fraction of sp³-hybridized carbons (Fsp3) is 0. The van der Waals surface area contributed by atoms with Crippen LogP contribution in [0.15, 0.2) is 55.3 Å². The molecule has 3 rings (SSSR count). The highest BCUT2D eigenvalue weighted by Crippen LogP contribution is 2.27. The Morgan fingerprint density at radius 2 is 1.95 bits per heavy atom. The predicted molar refractivity (Wildman–Crippen MR) is 86.8 cm³/mol. The molecule has 0 atom stereocenters. The van der Waals surface area contributed by atoms with E-state index in [2.05, 4.69) is 36.9 Å². The molecule has 0 saturated heterocycles. The molecule has 100 valence electrons. The summed E-state index contributed by atoms with van der Waals surface area (Å²) in [5.74, 6) is -0.107. The summed E-state index contributed by atoms with van der Waals surface area (Å²) in [7, 11) is 0. The number of carbonyl (C=O) groups is 1. The Morgan fingerprint density at radius 1 is 1.15 bits per heavy atom. The van der Waals surface area contributed by atoms with Crippen molar-refractivity contribution in [1.82, 2.24) is 0 Å². The monoisotopic (exact) mass is 411 g/mol. The van der Waals surface area contributed by atoms with E-state index in [-0.39, 0.29) is 0 Å². The maximum Gasteiger partial charge on any atom is 0.363 e.